The highest BCUT2D eigenvalue weighted by Crippen LogP contribution is 1.93. The van der Waals surface area contributed by atoms with Crippen LogP contribution in [0.3, 0.4) is 0 Å². The lowest BCUT2D eigenvalue weighted by atomic mass is 10.3. The van der Waals surface area contributed by atoms with E-state index in [0.717, 1.165) is 12.1 Å². The molecule has 0 aliphatic heterocycles. The lowest BCUT2D eigenvalue weighted by Gasteiger charge is -1.99. The van der Waals surface area contributed by atoms with Crippen molar-refractivity contribution in [3.8, 4) is 0 Å². The van der Waals surface area contributed by atoms with Crippen molar-refractivity contribution in [1.29, 1.82) is 0 Å². The molecule has 54 valence electrons. The molecule has 10 heavy (non-hydrogen) atoms. The van der Waals surface area contributed by atoms with E-state index in [-0.39, 0.29) is 0 Å². The molecule has 0 spiro atoms. The monoisotopic (exact) mass is 138 g/mol. The molecule has 0 fully saturated rings. The van der Waals surface area contributed by atoms with Crippen molar-refractivity contribution in [3.63, 3.8) is 0 Å². The highest BCUT2D eigenvalue weighted by atomic mass is 16.6. The molecule has 0 aliphatic rings. The lowest BCUT2D eigenvalue weighted by molar-refractivity contribution is 0.0867. The molecule has 1 N–H and O–H groups in total. The van der Waals surface area contributed by atoms with Gasteiger partial charge in [0.25, 0.3) is 0 Å². The van der Waals surface area contributed by atoms with Crippen LogP contribution >= 0.6 is 0 Å². The number of nitrogens with zero attached hydrogens (tertiary/aromatic N) is 1. The van der Waals surface area contributed by atoms with Crippen molar-refractivity contribution in [2.45, 2.75) is 6.54 Å². The third-order valence-corrected chi connectivity index (χ3v) is 1.17. The summed E-state index contributed by atoms with van der Waals surface area (Å²) in [4.78, 5) is 8.56. The van der Waals surface area contributed by atoms with Crippen LogP contribution < -0.4 is 5.48 Å². The van der Waals surface area contributed by atoms with E-state index in [1.54, 1.807) is 19.5 Å². The van der Waals surface area contributed by atoms with Crippen LogP contribution in [-0.4, -0.2) is 12.1 Å². The van der Waals surface area contributed by atoms with Crippen molar-refractivity contribution in [2.75, 3.05) is 7.11 Å². The van der Waals surface area contributed by atoms with Gasteiger partial charge in [0.2, 0.25) is 0 Å². The molecule has 0 bridgehead atoms. The number of hydroxylamine groups is 1. The predicted octanol–water partition coefficient (Wildman–Crippen LogP) is 0.733. The quantitative estimate of drug-likeness (QED) is 0.625. The third kappa shape index (κ3) is 2.13. The summed E-state index contributed by atoms with van der Waals surface area (Å²) in [5.74, 6) is 0. The summed E-state index contributed by atoms with van der Waals surface area (Å²) >= 11 is 0. The highest BCUT2D eigenvalue weighted by molar-refractivity contribution is 5.08. The molecule has 1 aromatic heterocycles. The van der Waals surface area contributed by atoms with E-state index < -0.39 is 0 Å². The molecule has 0 atom stereocenters. The molecular weight excluding hydrogens is 128 g/mol. The summed E-state index contributed by atoms with van der Waals surface area (Å²) in [5.41, 5.74) is 3.90. The zero-order chi connectivity index (χ0) is 7.23. The van der Waals surface area contributed by atoms with Gasteiger partial charge in [-0.3, -0.25) is 4.98 Å². The number of aromatic nitrogens is 1. The van der Waals surface area contributed by atoms with Crippen molar-refractivity contribution in [2.24, 2.45) is 0 Å². The maximum atomic E-state index is 4.68. The van der Waals surface area contributed by atoms with Gasteiger partial charge in [0, 0.05) is 18.9 Å². The van der Waals surface area contributed by atoms with Crippen LogP contribution in [0.1, 0.15) is 5.56 Å². The Morgan fingerprint density at radius 2 is 2.20 bits per heavy atom. The second-order valence-electron chi connectivity index (χ2n) is 1.88. The Bertz CT molecular complexity index is 176. The number of rotatable bonds is 3. The molecule has 3 nitrogen and oxygen atoms in total. The average molecular weight is 138 g/mol. The van der Waals surface area contributed by atoms with E-state index in [1.807, 2.05) is 12.1 Å². The van der Waals surface area contributed by atoms with Crippen LogP contribution in [0.25, 0.3) is 0 Å². The summed E-state index contributed by atoms with van der Waals surface area (Å²) in [6.07, 6.45) is 3.51. The summed E-state index contributed by atoms with van der Waals surface area (Å²) in [6, 6.07) is 3.87. The highest BCUT2D eigenvalue weighted by Gasteiger charge is 1.86. The van der Waals surface area contributed by atoms with Crippen LogP contribution in [0, 0.1) is 0 Å². The Hall–Kier alpha value is -0.930. The fourth-order valence-corrected chi connectivity index (χ4v) is 0.656. The largest absolute Gasteiger partial charge is 0.305 e. The van der Waals surface area contributed by atoms with Gasteiger partial charge in [0.15, 0.2) is 0 Å². The number of hydrogen-bond donors (Lipinski definition) is 1. The van der Waals surface area contributed by atoms with Crippen LogP contribution in [0.15, 0.2) is 24.5 Å². The van der Waals surface area contributed by atoms with Crippen molar-refractivity contribution in [1.82, 2.24) is 10.5 Å². The van der Waals surface area contributed by atoms with E-state index in [0.29, 0.717) is 0 Å². The first-order valence-corrected chi connectivity index (χ1v) is 3.08. The molecule has 0 amide bonds. The molecule has 0 unspecified atom stereocenters. The molecule has 0 aliphatic carbocycles. The van der Waals surface area contributed by atoms with Crippen molar-refractivity contribution < 1.29 is 4.84 Å². The van der Waals surface area contributed by atoms with E-state index >= 15 is 0 Å². The third-order valence-electron chi connectivity index (χ3n) is 1.17. The molecule has 0 saturated heterocycles. The van der Waals surface area contributed by atoms with Gasteiger partial charge in [0.05, 0.1) is 7.11 Å². The van der Waals surface area contributed by atoms with Gasteiger partial charge in [-0.15, -0.1) is 0 Å². The Labute approximate surface area is 60.0 Å². The minimum absolute atomic E-state index is 0.721. The number of nitrogens with one attached hydrogen (secondary N) is 1. The van der Waals surface area contributed by atoms with Gasteiger partial charge in [0.1, 0.15) is 0 Å². The van der Waals surface area contributed by atoms with E-state index in [2.05, 4.69) is 15.3 Å². The van der Waals surface area contributed by atoms with Gasteiger partial charge in [-0.05, 0) is 17.7 Å². The Morgan fingerprint density at radius 1 is 1.50 bits per heavy atom. The second-order valence-corrected chi connectivity index (χ2v) is 1.88. The zero-order valence-electron chi connectivity index (χ0n) is 5.87. The summed E-state index contributed by atoms with van der Waals surface area (Å²) in [5, 5.41) is 0. The van der Waals surface area contributed by atoms with Crippen LogP contribution in [0.4, 0.5) is 0 Å². The average Bonchev–Trinajstić information content (AvgIpc) is 2.03. The van der Waals surface area contributed by atoms with Gasteiger partial charge in [-0.2, -0.15) is 5.48 Å². The minimum Gasteiger partial charge on any atom is -0.305 e. The van der Waals surface area contributed by atoms with Gasteiger partial charge in [-0.1, -0.05) is 0 Å². The van der Waals surface area contributed by atoms with E-state index in [9.17, 15) is 0 Å². The molecule has 0 radical (unpaired) electrons. The summed E-state index contributed by atoms with van der Waals surface area (Å²) in [6.45, 7) is 0.721. The topological polar surface area (TPSA) is 34.1 Å². The molecule has 3 heteroatoms. The van der Waals surface area contributed by atoms with E-state index in [4.69, 9.17) is 0 Å². The second kappa shape index (κ2) is 3.98. The fourth-order valence-electron chi connectivity index (χ4n) is 0.656. The fraction of sp³-hybridized carbons (Fsp3) is 0.286. The first kappa shape index (κ1) is 7.18. The molecule has 0 aromatic carbocycles. The molecule has 1 rings (SSSR count). The summed E-state index contributed by atoms with van der Waals surface area (Å²) in [7, 11) is 1.60. The first-order chi connectivity index (χ1) is 4.93. The zero-order valence-corrected chi connectivity index (χ0v) is 5.87. The minimum atomic E-state index is 0.721. The maximum Gasteiger partial charge on any atom is 0.0572 e. The van der Waals surface area contributed by atoms with Gasteiger partial charge >= 0.3 is 0 Å². The normalized spacial score (nSPS) is 9.70. The van der Waals surface area contributed by atoms with Crippen LogP contribution in [0.2, 0.25) is 0 Å². The SMILES string of the molecule is CONCc1ccncc1. The Morgan fingerprint density at radius 3 is 2.80 bits per heavy atom. The summed E-state index contributed by atoms with van der Waals surface area (Å²) < 4.78 is 0. The van der Waals surface area contributed by atoms with Gasteiger partial charge in [-0.25, -0.2) is 0 Å². The van der Waals surface area contributed by atoms with Crippen LogP contribution in [0.5, 0.6) is 0 Å². The first-order valence-electron chi connectivity index (χ1n) is 3.08. The van der Waals surface area contributed by atoms with Crippen molar-refractivity contribution in [3.05, 3.63) is 30.1 Å². The molecular formula is C7H10N2O. The molecule has 1 heterocycles. The number of pyridine rings is 1. The van der Waals surface area contributed by atoms with Gasteiger partial charge < -0.3 is 4.84 Å². The Kier molecular flexibility index (Phi) is 2.86. The Balaban J connectivity index is 2.43. The van der Waals surface area contributed by atoms with Crippen LogP contribution in [-0.2, 0) is 11.4 Å². The smallest absolute Gasteiger partial charge is 0.0572 e. The standard InChI is InChI=1S/C7H10N2O/c1-10-9-6-7-2-4-8-5-3-7/h2-5,9H,6H2,1H3. The number of hydrogen-bond acceptors (Lipinski definition) is 3. The lowest BCUT2D eigenvalue weighted by Crippen LogP contribution is -2.10. The molecule has 1 aromatic rings. The predicted molar refractivity (Wildman–Crippen MR) is 38.1 cm³/mol. The molecule has 0 saturated carbocycles. The maximum absolute atomic E-state index is 4.68. The van der Waals surface area contributed by atoms with E-state index in [1.165, 1.54) is 0 Å². The van der Waals surface area contributed by atoms with Crippen molar-refractivity contribution >= 4 is 0 Å².